The van der Waals surface area contributed by atoms with Gasteiger partial charge in [-0.1, -0.05) is 6.92 Å². The van der Waals surface area contributed by atoms with E-state index in [1.54, 1.807) is 0 Å². The van der Waals surface area contributed by atoms with Gasteiger partial charge in [0.2, 0.25) is 0 Å². The Morgan fingerprint density at radius 1 is 1.42 bits per heavy atom. The van der Waals surface area contributed by atoms with Crippen LogP contribution in [0, 0.1) is 0 Å². The van der Waals surface area contributed by atoms with Gasteiger partial charge in [0.1, 0.15) is 0 Å². The fraction of sp³-hybridized carbons (Fsp3) is 0.533. The van der Waals surface area contributed by atoms with Crippen molar-refractivity contribution in [2.45, 2.75) is 26.3 Å². The fourth-order valence-electron chi connectivity index (χ4n) is 2.19. The van der Waals surface area contributed by atoms with Crippen LogP contribution in [0.2, 0.25) is 0 Å². The van der Waals surface area contributed by atoms with Gasteiger partial charge < -0.3 is 15.0 Å². The second-order valence-electron chi connectivity index (χ2n) is 4.93. The molecule has 0 bridgehead atoms. The number of hydrogen-bond acceptors (Lipinski definition) is 3. The molecule has 104 valence electrons. The highest BCUT2D eigenvalue weighted by molar-refractivity contribution is 5.94. The molecule has 0 radical (unpaired) electrons. The maximum atomic E-state index is 12.4. The Kier molecular flexibility index (Phi) is 4.80. The van der Waals surface area contributed by atoms with Gasteiger partial charge in [0.15, 0.2) is 0 Å². The number of carbonyl (C=O) groups excluding carboxylic acids is 1. The summed E-state index contributed by atoms with van der Waals surface area (Å²) in [4.78, 5) is 14.3. The van der Waals surface area contributed by atoms with Crippen molar-refractivity contribution >= 4 is 11.6 Å². The largest absolute Gasteiger partial charge is 0.385 e. The van der Waals surface area contributed by atoms with Crippen molar-refractivity contribution in [3.63, 3.8) is 0 Å². The van der Waals surface area contributed by atoms with Gasteiger partial charge in [-0.15, -0.1) is 0 Å². The zero-order valence-corrected chi connectivity index (χ0v) is 11.7. The summed E-state index contributed by atoms with van der Waals surface area (Å²) in [7, 11) is 0. The van der Waals surface area contributed by atoms with E-state index in [1.807, 2.05) is 36.1 Å². The molecule has 1 atom stereocenters. The van der Waals surface area contributed by atoms with E-state index in [2.05, 4.69) is 12.2 Å². The molecule has 1 unspecified atom stereocenters. The molecule has 0 aliphatic carbocycles. The minimum absolute atomic E-state index is 0.0952. The summed E-state index contributed by atoms with van der Waals surface area (Å²) in [5.41, 5.74) is 1.81. The molecule has 1 N–H and O–H groups in total. The topological polar surface area (TPSA) is 41.6 Å². The Balaban J connectivity index is 2.02. The fourth-order valence-corrected chi connectivity index (χ4v) is 2.19. The predicted octanol–water partition coefficient (Wildman–Crippen LogP) is 2.37. The molecule has 1 aliphatic rings. The van der Waals surface area contributed by atoms with Gasteiger partial charge in [-0.2, -0.15) is 0 Å². The van der Waals surface area contributed by atoms with Gasteiger partial charge in [-0.25, -0.2) is 0 Å². The molecule has 0 spiro atoms. The molecule has 1 aromatic rings. The van der Waals surface area contributed by atoms with E-state index in [4.69, 9.17) is 4.74 Å². The van der Waals surface area contributed by atoms with E-state index in [9.17, 15) is 4.79 Å². The molecule has 0 aromatic heterocycles. The quantitative estimate of drug-likeness (QED) is 0.905. The molecular formula is C15H22N2O2. The first-order valence-electron chi connectivity index (χ1n) is 6.95. The molecule has 1 saturated heterocycles. The highest BCUT2D eigenvalue weighted by Gasteiger charge is 2.24. The minimum Gasteiger partial charge on any atom is -0.385 e. The van der Waals surface area contributed by atoms with Gasteiger partial charge in [0.25, 0.3) is 5.91 Å². The van der Waals surface area contributed by atoms with Gasteiger partial charge in [0.05, 0.1) is 19.3 Å². The summed E-state index contributed by atoms with van der Waals surface area (Å²) in [6.45, 7) is 7.04. The van der Waals surface area contributed by atoms with Crippen molar-refractivity contribution in [2.24, 2.45) is 0 Å². The summed E-state index contributed by atoms with van der Waals surface area (Å²) in [6, 6.07) is 7.87. The summed E-state index contributed by atoms with van der Waals surface area (Å²) in [5.74, 6) is 0.0952. The monoisotopic (exact) mass is 262 g/mol. The predicted molar refractivity (Wildman–Crippen MR) is 76.5 cm³/mol. The van der Waals surface area contributed by atoms with Crippen LogP contribution in [-0.4, -0.2) is 43.2 Å². The van der Waals surface area contributed by atoms with Crippen LogP contribution >= 0.6 is 0 Å². The van der Waals surface area contributed by atoms with E-state index in [1.165, 1.54) is 0 Å². The first kappa shape index (κ1) is 13.9. The van der Waals surface area contributed by atoms with Crippen LogP contribution in [0.15, 0.2) is 24.3 Å². The Morgan fingerprint density at radius 3 is 2.79 bits per heavy atom. The van der Waals surface area contributed by atoms with E-state index in [-0.39, 0.29) is 11.9 Å². The maximum Gasteiger partial charge on any atom is 0.254 e. The van der Waals surface area contributed by atoms with Crippen LogP contribution in [0.4, 0.5) is 5.69 Å². The van der Waals surface area contributed by atoms with Gasteiger partial charge in [0, 0.05) is 24.3 Å². The van der Waals surface area contributed by atoms with Crippen molar-refractivity contribution in [2.75, 3.05) is 31.6 Å². The number of anilines is 1. The summed E-state index contributed by atoms with van der Waals surface area (Å²) in [5, 5.41) is 3.30. The molecule has 1 aromatic carbocycles. The second kappa shape index (κ2) is 6.57. The van der Waals surface area contributed by atoms with Crippen LogP contribution in [0.3, 0.4) is 0 Å². The van der Waals surface area contributed by atoms with Crippen LogP contribution in [-0.2, 0) is 4.74 Å². The van der Waals surface area contributed by atoms with Crippen LogP contribution < -0.4 is 5.32 Å². The van der Waals surface area contributed by atoms with Gasteiger partial charge in [-0.05, 0) is 37.6 Å². The molecule has 2 rings (SSSR count). The Hall–Kier alpha value is -1.55. The number of hydrogen-bond donors (Lipinski definition) is 1. The highest BCUT2D eigenvalue weighted by Crippen LogP contribution is 2.15. The van der Waals surface area contributed by atoms with E-state index >= 15 is 0 Å². The Labute approximate surface area is 114 Å². The van der Waals surface area contributed by atoms with E-state index in [0.717, 1.165) is 24.2 Å². The SMILES string of the molecule is CCCNc1ccc(C(=O)N2CCOCC2C)cc1. The van der Waals surface area contributed by atoms with Gasteiger partial charge in [-0.3, -0.25) is 4.79 Å². The van der Waals surface area contributed by atoms with Crippen LogP contribution in [0.1, 0.15) is 30.6 Å². The van der Waals surface area contributed by atoms with Crippen molar-refractivity contribution in [3.8, 4) is 0 Å². The molecule has 4 heteroatoms. The van der Waals surface area contributed by atoms with Crippen molar-refractivity contribution in [1.82, 2.24) is 4.90 Å². The highest BCUT2D eigenvalue weighted by atomic mass is 16.5. The average Bonchev–Trinajstić information content (AvgIpc) is 2.45. The second-order valence-corrected chi connectivity index (χ2v) is 4.93. The van der Waals surface area contributed by atoms with E-state index < -0.39 is 0 Å². The number of nitrogens with one attached hydrogen (secondary N) is 1. The maximum absolute atomic E-state index is 12.4. The molecule has 1 fully saturated rings. The van der Waals surface area contributed by atoms with Crippen LogP contribution in [0.25, 0.3) is 0 Å². The van der Waals surface area contributed by atoms with Crippen molar-refractivity contribution < 1.29 is 9.53 Å². The lowest BCUT2D eigenvalue weighted by molar-refractivity contribution is 0.00359. The van der Waals surface area contributed by atoms with E-state index in [0.29, 0.717) is 19.8 Å². The number of amides is 1. The normalized spacial score (nSPS) is 19.3. The zero-order chi connectivity index (χ0) is 13.7. The molecule has 4 nitrogen and oxygen atoms in total. The number of rotatable bonds is 4. The molecule has 1 amide bonds. The number of morpholine rings is 1. The third-order valence-electron chi connectivity index (χ3n) is 3.34. The Bertz CT molecular complexity index is 417. The summed E-state index contributed by atoms with van der Waals surface area (Å²) >= 11 is 0. The number of benzene rings is 1. The first-order valence-corrected chi connectivity index (χ1v) is 6.95. The molecule has 1 heterocycles. The lowest BCUT2D eigenvalue weighted by Crippen LogP contribution is -2.47. The lowest BCUT2D eigenvalue weighted by atomic mass is 10.1. The average molecular weight is 262 g/mol. The van der Waals surface area contributed by atoms with Gasteiger partial charge >= 0.3 is 0 Å². The number of carbonyl (C=O) groups is 1. The summed E-state index contributed by atoms with van der Waals surface area (Å²) < 4.78 is 5.36. The lowest BCUT2D eigenvalue weighted by Gasteiger charge is -2.33. The van der Waals surface area contributed by atoms with Crippen molar-refractivity contribution in [1.29, 1.82) is 0 Å². The molecule has 1 aliphatic heterocycles. The third kappa shape index (κ3) is 3.47. The summed E-state index contributed by atoms with van der Waals surface area (Å²) in [6.07, 6.45) is 1.09. The molecule has 0 saturated carbocycles. The van der Waals surface area contributed by atoms with Crippen molar-refractivity contribution in [3.05, 3.63) is 29.8 Å². The smallest absolute Gasteiger partial charge is 0.254 e. The molecule has 19 heavy (non-hydrogen) atoms. The van der Waals surface area contributed by atoms with Crippen LogP contribution in [0.5, 0.6) is 0 Å². The third-order valence-corrected chi connectivity index (χ3v) is 3.34. The zero-order valence-electron chi connectivity index (χ0n) is 11.7. The number of ether oxygens (including phenoxy) is 1. The molecular weight excluding hydrogens is 240 g/mol. The first-order chi connectivity index (χ1) is 9.22. The standard InChI is InChI=1S/C15H22N2O2/c1-3-8-16-14-6-4-13(5-7-14)15(18)17-9-10-19-11-12(17)2/h4-7,12,16H,3,8-11H2,1-2H3. The minimum atomic E-state index is 0.0952. The number of nitrogens with zero attached hydrogens (tertiary/aromatic N) is 1. The Morgan fingerprint density at radius 2 is 2.16 bits per heavy atom.